The molecule has 1 aromatic carbocycles. The number of rotatable bonds is 2. The van der Waals surface area contributed by atoms with Crippen molar-refractivity contribution >= 4 is 0 Å². The van der Waals surface area contributed by atoms with E-state index in [0.717, 1.165) is 13.0 Å². The molecule has 0 radical (unpaired) electrons. The molecule has 0 saturated carbocycles. The van der Waals surface area contributed by atoms with Crippen LogP contribution >= 0.6 is 0 Å². The third-order valence-electron chi connectivity index (χ3n) is 4.04. The van der Waals surface area contributed by atoms with Gasteiger partial charge in [-0.2, -0.15) is 0 Å². The van der Waals surface area contributed by atoms with Gasteiger partial charge in [0.25, 0.3) is 0 Å². The van der Waals surface area contributed by atoms with E-state index in [2.05, 4.69) is 52.0 Å². The molecule has 2 rings (SSSR count). The van der Waals surface area contributed by atoms with Crippen molar-refractivity contribution in [3.05, 3.63) is 35.4 Å². The zero-order chi connectivity index (χ0) is 11.8. The Hall–Kier alpha value is -0.820. The third-order valence-corrected chi connectivity index (χ3v) is 4.04. The van der Waals surface area contributed by atoms with Gasteiger partial charge in [-0.3, -0.25) is 0 Å². The fourth-order valence-electron chi connectivity index (χ4n) is 2.84. The van der Waals surface area contributed by atoms with E-state index < -0.39 is 0 Å². The highest BCUT2D eigenvalue weighted by atomic mass is 16.5. The van der Waals surface area contributed by atoms with Crippen molar-refractivity contribution in [1.82, 2.24) is 0 Å². The molecular formula is C15H22O. The van der Waals surface area contributed by atoms with Gasteiger partial charge in [0.05, 0.1) is 12.2 Å². The Balaban J connectivity index is 2.35. The minimum absolute atomic E-state index is 0.0222. The SMILES string of the molecule is CC(C)C1(C(C)C)Cc2ccccc2CO1. The molecular weight excluding hydrogens is 196 g/mol. The normalized spacial score (nSPS) is 18.9. The van der Waals surface area contributed by atoms with Crippen molar-refractivity contribution in [2.24, 2.45) is 11.8 Å². The van der Waals surface area contributed by atoms with Crippen LogP contribution in [0, 0.1) is 11.8 Å². The summed E-state index contributed by atoms with van der Waals surface area (Å²) in [6.07, 6.45) is 1.05. The summed E-state index contributed by atoms with van der Waals surface area (Å²) in [7, 11) is 0. The van der Waals surface area contributed by atoms with Gasteiger partial charge in [-0.15, -0.1) is 0 Å². The van der Waals surface area contributed by atoms with Gasteiger partial charge in [-0.05, 0) is 23.0 Å². The topological polar surface area (TPSA) is 9.23 Å². The Morgan fingerprint density at radius 1 is 1.00 bits per heavy atom. The number of fused-ring (bicyclic) bond motifs is 1. The van der Waals surface area contributed by atoms with Gasteiger partial charge in [0.2, 0.25) is 0 Å². The van der Waals surface area contributed by atoms with Gasteiger partial charge < -0.3 is 4.74 Å². The summed E-state index contributed by atoms with van der Waals surface area (Å²) in [5.74, 6) is 1.11. The fraction of sp³-hybridized carbons (Fsp3) is 0.600. The summed E-state index contributed by atoms with van der Waals surface area (Å²) in [5.41, 5.74) is 2.85. The van der Waals surface area contributed by atoms with Crippen LogP contribution in [-0.2, 0) is 17.8 Å². The molecule has 1 nitrogen and oxygen atoms in total. The number of hydrogen-bond acceptors (Lipinski definition) is 1. The van der Waals surface area contributed by atoms with Crippen LogP contribution in [0.25, 0.3) is 0 Å². The highest BCUT2D eigenvalue weighted by molar-refractivity contribution is 5.30. The lowest BCUT2D eigenvalue weighted by molar-refractivity contribution is -0.128. The van der Waals surface area contributed by atoms with E-state index in [1.165, 1.54) is 11.1 Å². The highest BCUT2D eigenvalue weighted by Crippen LogP contribution is 2.39. The predicted molar refractivity (Wildman–Crippen MR) is 67.3 cm³/mol. The molecule has 1 heterocycles. The minimum Gasteiger partial charge on any atom is -0.369 e. The summed E-state index contributed by atoms with van der Waals surface area (Å²) in [6.45, 7) is 9.86. The van der Waals surface area contributed by atoms with Crippen molar-refractivity contribution < 1.29 is 4.74 Å². The van der Waals surface area contributed by atoms with Gasteiger partial charge >= 0.3 is 0 Å². The van der Waals surface area contributed by atoms with Gasteiger partial charge in [-0.1, -0.05) is 52.0 Å². The number of ether oxygens (including phenoxy) is 1. The maximum Gasteiger partial charge on any atom is 0.0772 e. The molecule has 0 atom stereocenters. The lowest BCUT2D eigenvalue weighted by Crippen LogP contribution is -2.47. The first-order chi connectivity index (χ1) is 7.56. The molecule has 0 saturated heterocycles. The van der Waals surface area contributed by atoms with Gasteiger partial charge in [0.1, 0.15) is 0 Å². The zero-order valence-electron chi connectivity index (χ0n) is 10.8. The van der Waals surface area contributed by atoms with E-state index in [0.29, 0.717) is 11.8 Å². The zero-order valence-corrected chi connectivity index (χ0v) is 10.8. The van der Waals surface area contributed by atoms with Crippen LogP contribution in [-0.4, -0.2) is 5.60 Å². The largest absolute Gasteiger partial charge is 0.369 e. The second-order valence-corrected chi connectivity index (χ2v) is 5.50. The smallest absolute Gasteiger partial charge is 0.0772 e. The van der Waals surface area contributed by atoms with E-state index in [-0.39, 0.29) is 5.60 Å². The Labute approximate surface area is 98.8 Å². The fourth-order valence-corrected chi connectivity index (χ4v) is 2.84. The van der Waals surface area contributed by atoms with Crippen molar-refractivity contribution in [3.8, 4) is 0 Å². The molecule has 88 valence electrons. The number of hydrogen-bond donors (Lipinski definition) is 0. The second kappa shape index (κ2) is 4.21. The number of benzene rings is 1. The first-order valence-corrected chi connectivity index (χ1v) is 6.27. The summed E-state index contributed by atoms with van der Waals surface area (Å²) < 4.78 is 6.21. The van der Waals surface area contributed by atoms with E-state index in [9.17, 15) is 0 Å². The van der Waals surface area contributed by atoms with Gasteiger partial charge in [0, 0.05) is 6.42 Å². The predicted octanol–water partition coefficient (Wildman–Crippen LogP) is 3.81. The summed E-state index contributed by atoms with van der Waals surface area (Å²) in [6, 6.07) is 8.66. The molecule has 0 aliphatic carbocycles. The van der Waals surface area contributed by atoms with Gasteiger partial charge in [-0.25, -0.2) is 0 Å². The van der Waals surface area contributed by atoms with Crippen molar-refractivity contribution in [3.63, 3.8) is 0 Å². The minimum atomic E-state index is 0.0222. The van der Waals surface area contributed by atoms with Crippen molar-refractivity contribution in [2.45, 2.75) is 46.3 Å². The lowest BCUT2D eigenvalue weighted by Gasteiger charge is -2.44. The lowest BCUT2D eigenvalue weighted by atomic mass is 9.74. The van der Waals surface area contributed by atoms with Crippen molar-refractivity contribution in [1.29, 1.82) is 0 Å². The van der Waals surface area contributed by atoms with Crippen LogP contribution in [0.4, 0.5) is 0 Å². The van der Waals surface area contributed by atoms with Crippen LogP contribution in [0.3, 0.4) is 0 Å². The third kappa shape index (κ3) is 1.78. The Morgan fingerprint density at radius 2 is 1.56 bits per heavy atom. The first kappa shape index (κ1) is 11.7. The maximum absolute atomic E-state index is 6.21. The van der Waals surface area contributed by atoms with E-state index >= 15 is 0 Å². The highest BCUT2D eigenvalue weighted by Gasteiger charge is 2.41. The van der Waals surface area contributed by atoms with Crippen molar-refractivity contribution in [2.75, 3.05) is 0 Å². The molecule has 0 fully saturated rings. The molecule has 1 aliphatic heterocycles. The summed E-state index contributed by atoms with van der Waals surface area (Å²) in [4.78, 5) is 0. The van der Waals surface area contributed by atoms with Gasteiger partial charge in [0.15, 0.2) is 0 Å². The van der Waals surface area contributed by atoms with Crippen LogP contribution in [0.1, 0.15) is 38.8 Å². The molecule has 0 bridgehead atoms. The quantitative estimate of drug-likeness (QED) is 0.733. The second-order valence-electron chi connectivity index (χ2n) is 5.50. The molecule has 1 heteroatoms. The first-order valence-electron chi connectivity index (χ1n) is 6.27. The van der Waals surface area contributed by atoms with Crippen LogP contribution < -0.4 is 0 Å². The van der Waals surface area contributed by atoms with E-state index in [4.69, 9.17) is 4.74 Å². The standard InChI is InChI=1S/C15H22O/c1-11(2)15(12(3)4)9-13-7-5-6-8-14(13)10-16-15/h5-8,11-12H,9-10H2,1-4H3. The van der Waals surface area contributed by atoms with Crippen LogP contribution in [0.15, 0.2) is 24.3 Å². The molecule has 0 aromatic heterocycles. The average Bonchev–Trinajstić information content (AvgIpc) is 2.27. The Morgan fingerprint density at radius 3 is 2.12 bits per heavy atom. The Bertz CT molecular complexity index is 357. The maximum atomic E-state index is 6.21. The van der Waals surface area contributed by atoms with Crippen LogP contribution in [0.5, 0.6) is 0 Å². The molecule has 0 amide bonds. The van der Waals surface area contributed by atoms with E-state index in [1.807, 2.05) is 0 Å². The molecule has 0 N–H and O–H groups in total. The molecule has 0 unspecified atom stereocenters. The molecule has 0 spiro atoms. The Kier molecular flexibility index (Phi) is 3.07. The van der Waals surface area contributed by atoms with Crippen LogP contribution in [0.2, 0.25) is 0 Å². The average molecular weight is 218 g/mol. The van der Waals surface area contributed by atoms with E-state index in [1.54, 1.807) is 0 Å². The summed E-state index contributed by atoms with van der Waals surface area (Å²) >= 11 is 0. The molecule has 16 heavy (non-hydrogen) atoms. The summed E-state index contributed by atoms with van der Waals surface area (Å²) in [5, 5.41) is 0. The molecule has 1 aromatic rings. The molecule has 1 aliphatic rings. The monoisotopic (exact) mass is 218 g/mol.